The van der Waals surface area contributed by atoms with E-state index in [2.05, 4.69) is 15.6 Å². The molecule has 0 saturated heterocycles. The quantitative estimate of drug-likeness (QED) is 0.0634. The van der Waals surface area contributed by atoms with Gasteiger partial charge in [-0.15, -0.1) is 0 Å². The Kier molecular flexibility index (Phi) is 10.4. The van der Waals surface area contributed by atoms with Gasteiger partial charge >= 0.3 is 0 Å². The summed E-state index contributed by atoms with van der Waals surface area (Å²) in [6.07, 6.45) is 3.15. The van der Waals surface area contributed by atoms with E-state index in [4.69, 9.17) is 49.8 Å². The highest BCUT2D eigenvalue weighted by Gasteiger charge is 2.25. The second-order valence-corrected chi connectivity index (χ2v) is 11.3. The molecule has 3 aromatic carbocycles. The summed E-state index contributed by atoms with van der Waals surface area (Å²) >= 11 is 12.3. The number of fused-ring (bicyclic) bond motifs is 1. The topological polar surface area (TPSA) is 174 Å². The molecule has 0 radical (unpaired) electrons. The fourth-order valence-electron chi connectivity index (χ4n) is 5.05. The van der Waals surface area contributed by atoms with Crippen molar-refractivity contribution >= 4 is 52.0 Å². The number of rotatable bonds is 13. The molecule has 0 aliphatic carbocycles. The number of nitrogens with zero attached hydrogens (tertiary/aromatic N) is 3. The fourth-order valence-corrected chi connectivity index (χ4v) is 5.56. The summed E-state index contributed by atoms with van der Waals surface area (Å²) in [5, 5.41) is 14.0. The molecule has 46 heavy (non-hydrogen) atoms. The number of amides is 2. The highest BCUT2D eigenvalue weighted by atomic mass is 35.5. The molecule has 0 unspecified atom stereocenters. The van der Waals surface area contributed by atoms with E-state index in [1.165, 1.54) is 0 Å². The Bertz CT molecular complexity index is 1860. The predicted octanol–water partition coefficient (Wildman–Crippen LogP) is 5.46. The van der Waals surface area contributed by atoms with Gasteiger partial charge in [-0.05, 0) is 73.5 Å². The van der Waals surface area contributed by atoms with E-state index in [9.17, 15) is 9.59 Å². The molecule has 2 heterocycles. The summed E-state index contributed by atoms with van der Waals surface area (Å²) in [4.78, 5) is 35.1. The molecule has 5 rings (SSSR count). The Morgan fingerprint density at radius 2 is 1.72 bits per heavy atom. The molecule has 0 saturated carbocycles. The molecular weight excluding hydrogens is 627 g/mol. The van der Waals surface area contributed by atoms with Gasteiger partial charge in [-0.25, -0.2) is 4.98 Å². The average Bonchev–Trinajstić information content (AvgIpc) is 3.39. The maximum Gasteiger partial charge on any atom is 0.251 e. The first kappa shape index (κ1) is 32.3. The van der Waals surface area contributed by atoms with Gasteiger partial charge in [0, 0.05) is 52.6 Å². The molecule has 13 heteroatoms. The maximum atomic E-state index is 13.1. The lowest BCUT2D eigenvalue weighted by Crippen LogP contribution is -2.32. The zero-order valence-electron chi connectivity index (χ0n) is 24.7. The molecule has 7 N–H and O–H groups in total. The minimum absolute atomic E-state index is 0.159. The molecule has 236 valence electrons. The number of hydrogen-bond donors (Lipinski definition) is 5. The van der Waals surface area contributed by atoms with Crippen molar-refractivity contribution in [2.24, 2.45) is 11.5 Å². The fraction of sp³-hybridized carbons (Fsp3) is 0.182. The Morgan fingerprint density at radius 1 is 0.913 bits per heavy atom. The summed E-state index contributed by atoms with van der Waals surface area (Å²) < 4.78 is 7.83. The van der Waals surface area contributed by atoms with Crippen molar-refractivity contribution in [1.29, 1.82) is 5.41 Å². The number of halogens is 2. The molecule has 0 aliphatic heterocycles. The van der Waals surface area contributed by atoms with Crippen LogP contribution in [0.1, 0.15) is 34.9 Å². The number of benzene rings is 3. The molecule has 0 bridgehead atoms. The van der Waals surface area contributed by atoms with Gasteiger partial charge in [0.1, 0.15) is 23.4 Å². The molecule has 11 nitrogen and oxygen atoms in total. The Morgan fingerprint density at radius 3 is 2.43 bits per heavy atom. The Labute approximate surface area is 275 Å². The van der Waals surface area contributed by atoms with Crippen molar-refractivity contribution in [2.45, 2.75) is 25.3 Å². The molecule has 2 amide bonds. The van der Waals surface area contributed by atoms with Crippen molar-refractivity contribution in [1.82, 2.24) is 25.2 Å². The second kappa shape index (κ2) is 14.8. The summed E-state index contributed by atoms with van der Waals surface area (Å²) in [6.45, 7) is 0.797. The van der Waals surface area contributed by atoms with Crippen LogP contribution in [0.5, 0.6) is 11.5 Å². The van der Waals surface area contributed by atoms with Crippen molar-refractivity contribution in [3.8, 4) is 22.9 Å². The largest absolute Gasteiger partial charge is 0.457 e. The third-order valence-electron chi connectivity index (χ3n) is 7.12. The molecule has 0 fully saturated rings. The van der Waals surface area contributed by atoms with E-state index >= 15 is 0 Å². The summed E-state index contributed by atoms with van der Waals surface area (Å²) in [5.74, 6) is 0.430. The first-order valence-electron chi connectivity index (χ1n) is 14.5. The van der Waals surface area contributed by atoms with Gasteiger partial charge < -0.3 is 31.4 Å². The van der Waals surface area contributed by atoms with E-state index in [0.717, 1.165) is 5.69 Å². The number of guanidine groups is 1. The van der Waals surface area contributed by atoms with Crippen molar-refractivity contribution in [3.05, 3.63) is 106 Å². The lowest BCUT2D eigenvalue weighted by Gasteiger charge is -2.20. The molecule has 2 aromatic heterocycles. The first-order chi connectivity index (χ1) is 22.2. The van der Waals surface area contributed by atoms with Crippen LogP contribution in [0.4, 0.5) is 0 Å². The molecule has 5 aromatic rings. The molecule has 0 spiro atoms. The number of carbonyl (C=O) groups is 2. The average molecular weight is 660 g/mol. The number of ether oxygens (including phenoxy) is 1. The van der Waals surface area contributed by atoms with Crippen LogP contribution in [0.15, 0.2) is 85.1 Å². The van der Waals surface area contributed by atoms with E-state index < -0.39 is 11.9 Å². The van der Waals surface area contributed by atoms with E-state index in [0.29, 0.717) is 81.9 Å². The number of pyridine rings is 1. The van der Waals surface area contributed by atoms with Crippen LogP contribution in [0, 0.1) is 5.41 Å². The lowest BCUT2D eigenvalue weighted by molar-refractivity contribution is -0.121. The second-order valence-electron chi connectivity index (χ2n) is 10.5. The van der Waals surface area contributed by atoms with Crippen LogP contribution < -0.4 is 26.8 Å². The van der Waals surface area contributed by atoms with Crippen LogP contribution in [-0.2, 0) is 11.2 Å². The van der Waals surface area contributed by atoms with Crippen molar-refractivity contribution < 1.29 is 14.3 Å². The SMILES string of the molecule is N=C(N)NCCC[C@@H](C(N)=O)n1c(-c2cccc(Oc3cc(Cl)cc(Cl)c3)c2)nc2cc(C(=O)NCCc3ccccn3)ccc21. The zero-order chi connectivity index (χ0) is 32.6. The third kappa shape index (κ3) is 8.12. The minimum atomic E-state index is -0.789. The minimum Gasteiger partial charge on any atom is -0.457 e. The van der Waals surface area contributed by atoms with Crippen molar-refractivity contribution in [2.75, 3.05) is 13.1 Å². The number of nitrogens with one attached hydrogen (secondary N) is 3. The Hall–Kier alpha value is -5.13. The van der Waals surface area contributed by atoms with Gasteiger partial charge in [0.05, 0.1) is 11.0 Å². The van der Waals surface area contributed by atoms with Crippen LogP contribution in [0.2, 0.25) is 10.0 Å². The lowest BCUT2D eigenvalue weighted by atomic mass is 10.1. The Balaban J connectivity index is 1.49. The van der Waals surface area contributed by atoms with Gasteiger partial charge in [-0.2, -0.15) is 0 Å². The number of carbonyl (C=O) groups excluding carboxylic acids is 2. The normalized spacial score (nSPS) is 11.6. The summed E-state index contributed by atoms with van der Waals surface area (Å²) in [6, 6.07) is 22.1. The van der Waals surface area contributed by atoms with E-state index in [1.54, 1.807) is 65.4 Å². The van der Waals surface area contributed by atoms with Crippen LogP contribution in [-0.4, -0.2) is 45.4 Å². The maximum absolute atomic E-state index is 13.1. The molecule has 1 atom stereocenters. The highest BCUT2D eigenvalue weighted by Crippen LogP contribution is 2.34. The number of imidazole rings is 1. The van der Waals surface area contributed by atoms with E-state index in [1.807, 2.05) is 24.3 Å². The van der Waals surface area contributed by atoms with Gasteiger partial charge in [0.2, 0.25) is 5.91 Å². The number of nitrogens with two attached hydrogens (primary N) is 2. The third-order valence-corrected chi connectivity index (χ3v) is 7.55. The van der Waals surface area contributed by atoms with Crippen LogP contribution in [0.25, 0.3) is 22.4 Å². The van der Waals surface area contributed by atoms with Crippen LogP contribution in [0.3, 0.4) is 0 Å². The summed E-state index contributed by atoms with van der Waals surface area (Å²) in [7, 11) is 0. The summed E-state index contributed by atoms with van der Waals surface area (Å²) in [5.41, 5.74) is 14.5. The number of aromatic nitrogens is 3. The van der Waals surface area contributed by atoms with Gasteiger partial charge in [0.25, 0.3) is 5.91 Å². The monoisotopic (exact) mass is 658 g/mol. The van der Waals surface area contributed by atoms with E-state index in [-0.39, 0.29) is 11.9 Å². The highest BCUT2D eigenvalue weighted by molar-refractivity contribution is 6.34. The van der Waals surface area contributed by atoms with Gasteiger partial charge in [-0.3, -0.25) is 20.0 Å². The first-order valence-corrected chi connectivity index (χ1v) is 15.2. The van der Waals surface area contributed by atoms with Gasteiger partial charge in [-0.1, -0.05) is 41.4 Å². The molecule has 0 aliphatic rings. The van der Waals surface area contributed by atoms with Crippen LogP contribution >= 0.6 is 23.2 Å². The number of hydrogen-bond acceptors (Lipinski definition) is 6. The van der Waals surface area contributed by atoms with Gasteiger partial charge in [0.15, 0.2) is 5.96 Å². The standard InChI is InChI=1S/C33H32Cl2N8O3/c34-22-17-23(35)19-26(18-22)46-25-7-3-5-20(15-25)31-42-27-16-21(32(45)40-14-11-24-6-1-2-12-39-24)9-10-28(27)43(31)29(30(36)44)8-4-13-41-33(37)38/h1-3,5-7,9-10,12,15-19,29H,4,8,11,13-14H2,(H2,36,44)(H,40,45)(H4,37,38,41)/t29-/m0/s1. The number of primary amides is 1. The molecular formula is C33H32Cl2N8O3. The predicted molar refractivity (Wildman–Crippen MR) is 179 cm³/mol. The van der Waals surface area contributed by atoms with Crippen molar-refractivity contribution in [3.63, 3.8) is 0 Å². The smallest absolute Gasteiger partial charge is 0.251 e. The zero-order valence-corrected chi connectivity index (χ0v) is 26.2.